The van der Waals surface area contributed by atoms with Crippen molar-refractivity contribution < 1.29 is 14.6 Å². The van der Waals surface area contributed by atoms with Gasteiger partial charge in [-0.25, -0.2) is 9.50 Å². The molecule has 0 aliphatic carbocycles. The lowest BCUT2D eigenvalue weighted by Crippen LogP contribution is -2.35. The molecule has 0 saturated heterocycles. The summed E-state index contributed by atoms with van der Waals surface area (Å²) in [6, 6.07) is 7.37. The smallest absolute Gasteiger partial charge is 0.276 e. The van der Waals surface area contributed by atoms with E-state index in [0.717, 1.165) is 15.8 Å². The van der Waals surface area contributed by atoms with Gasteiger partial charge in [-0.15, -0.1) is 0 Å². The Morgan fingerprint density at radius 2 is 2.21 bits per heavy atom. The number of carbonyl (C=O) groups excluding carboxylic acids is 1. The van der Waals surface area contributed by atoms with E-state index in [1.54, 1.807) is 26.3 Å². The number of fused-ring (bicyclic) bond motifs is 1. The van der Waals surface area contributed by atoms with Crippen molar-refractivity contribution in [2.45, 2.75) is 19.8 Å². The summed E-state index contributed by atoms with van der Waals surface area (Å²) in [5.41, 5.74) is 2.04. The lowest BCUT2D eigenvalue weighted by Gasteiger charge is -2.17. The van der Waals surface area contributed by atoms with Crippen LogP contribution in [-0.4, -0.2) is 45.9 Å². The Kier molecular flexibility index (Phi) is 6.71. The van der Waals surface area contributed by atoms with Crippen molar-refractivity contribution in [2.24, 2.45) is 5.92 Å². The molecule has 3 aromatic rings. The van der Waals surface area contributed by atoms with Crippen LogP contribution >= 0.6 is 15.9 Å². The van der Waals surface area contributed by atoms with Crippen LogP contribution in [0.2, 0.25) is 0 Å². The van der Waals surface area contributed by atoms with Crippen molar-refractivity contribution in [3.8, 4) is 5.75 Å². The van der Waals surface area contributed by atoms with Gasteiger partial charge in [0, 0.05) is 47.1 Å². The molecule has 1 atom stereocenters. The number of rotatable bonds is 8. The Bertz CT molecular complexity index is 1080. The Morgan fingerprint density at radius 1 is 1.41 bits per heavy atom. The number of carbonyl (C=O) groups is 1. The summed E-state index contributed by atoms with van der Waals surface area (Å²) in [7, 11) is 1.60. The van der Waals surface area contributed by atoms with Crippen molar-refractivity contribution >= 4 is 27.5 Å². The minimum Gasteiger partial charge on any atom is -0.496 e. The summed E-state index contributed by atoms with van der Waals surface area (Å²) >= 11 is 3.44. The quantitative estimate of drug-likeness (QED) is 0.471. The van der Waals surface area contributed by atoms with Gasteiger partial charge in [-0.1, -0.05) is 15.9 Å². The minimum absolute atomic E-state index is 0.0714. The van der Waals surface area contributed by atoms with Gasteiger partial charge in [0.05, 0.1) is 13.5 Å². The van der Waals surface area contributed by atoms with E-state index in [2.05, 4.69) is 31.3 Å². The fourth-order valence-corrected chi connectivity index (χ4v) is 3.62. The van der Waals surface area contributed by atoms with E-state index in [-0.39, 0.29) is 37.0 Å². The molecule has 0 saturated carbocycles. The molecule has 0 aliphatic heterocycles. The zero-order valence-electron chi connectivity index (χ0n) is 16.2. The molecule has 0 spiro atoms. The molecular formula is C20H23BrN4O4. The van der Waals surface area contributed by atoms with Gasteiger partial charge in [0.1, 0.15) is 5.75 Å². The van der Waals surface area contributed by atoms with Gasteiger partial charge < -0.3 is 15.2 Å². The maximum absolute atomic E-state index is 12.5. The third-order valence-electron chi connectivity index (χ3n) is 4.78. The molecule has 8 nitrogen and oxygen atoms in total. The van der Waals surface area contributed by atoms with Crippen LogP contribution in [0, 0.1) is 12.8 Å². The fraction of sp³-hybridized carbons (Fsp3) is 0.350. The summed E-state index contributed by atoms with van der Waals surface area (Å²) < 4.78 is 7.59. The number of hydrogen-bond donors (Lipinski definition) is 3. The molecule has 1 amide bonds. The highest BCUT2D eigenvalue weighted by molar-refractivity contribution is 9.10. The van der Waals surface area contributed by atoms with Crippen LogP contribution in [0.5, 0.6) is 5.75 Å². The predicted molar refractivity (Wildman–Crippen MR) is 112 cm³/mol. The highest BCUT2D eigenvalue weighted by atomic mass is 79.9. The first-order valence-corrected chi connectivity index (χ1v) is 9.97. The molecule has 2 heterocycles. The lowest BCUT2D eigenvalue weighted by atomic mass is 9.99. The molecule has 0 fully saturated rings. The summed E-state index contributed by atoms with van der Waals surface area (Å²) in [4.78, 5) is 29.3. The average Bonchev–Trinajstić information content (AvgIpc) is 3.17. The number of methoxy groups -OCH3 is 1. The molecule has 1 unspecified atom stereocenters. The topological polar surface area (TPSA) is 109 Å². The van der Waals surface area contributed by atoms with Crippen LogP contribution in [0.4, 0.5) is 0 Å². The number of aliphatic hydroxyl groups is 1. The number of H-pyrrole nitrogens is 1. The zero-order valence-corrected chi connectivity index (χ0v) is 17.8. The first kappa shape index (κ1) is 21.1. The SMILES string of the molecule is COc1ccc(Br)cc1CC(CO)CNC(=O)Cc1c(C)nc2cc[nH]n2c1=O. The number of nitrogens with one attached hydrogen (secondary N) is 2. The number of aryl methyl sites for hydroxylation is 1. The Hall–Kier alpha value is -2.65. The Labute approximate surface area is 176 Å². The number of ether oxygens (including phenoxy) is 1. The molecular weight excluding hydrogens is 440 g/mol. The highest BCUT2D eigenvalue weighted by Crippen LogP contribution is 2.25. The maximum Gasteiger partial charge on any atom is 0.276 e. The van der Waals surface area contributed by atoms with Crippen LogP contribution in [0.25, 0.3) is 5.65 Å². The average molecular weight is 463 g/mol. The standard InChI is InChI=1S/C20H23BrN4O4/c1-12-16(20(28)25-18(24-12)5-6-23-25)9-19(27)22-10-13(11-26)7-14-8-15(21)3-4-17(14)29-2/h3-6,8,13,23,26H,7,9-11H2,1-2H3,(H,22,27). The number of benzene rings is 1. The van der Waals surface area contributed by atoms with E-state index in [0.29, 0.717) is 23.3 Å². The molecule has 0 radical (unpaired) electrons. The van der Waals surface area contributed by atoms with Crippen LogP contribution in [0.15, 0.2) is 39.7 Å². The van der Waals surface area contributed by atoms with E-state index in [1.165, 1.54) is 4.52 Å². The van der Waals surface area contributed by atoms with Gasteiger partial charge in [-0.05, 0) is 37.1 Å². The van der Waals surface area contributed by atoms with Crippen molar-refractivity contribution in [3.05, 3.63) is 62.1 Å². The molecule has 29 heavy (non-hydrogen) atoms. The first-order valence-electron chi connectivity index (χ1n) is 9.18. The van der Waals surface area contributed by atoms with Crippen LogP contribution < -0.4 is 15.6 Å². The highest BCUT2D eigenvalue weighted by Gasteiger charge is 2.17. The lowest BCUT2D eigenvalue weighted by molar-refractivity contribution is -0.120. The van der Waals surface area contributed by atoms with E-state index in [1.807, 2.05) is 18.2 Å². The second-order valence-corrected chi connectivity index (χ2v) is 7.74. The third kappa shape index (κ3) is 4.86. The number of nitrogens with zero attached hydrogens (tertiary/aromatic N) is 2. The van der Waals surface area contributed by atoms with Gasteiger partial charge >= 0.3 is 0 Å². The van der Waals surface area contributed by atoms with E-state index >= 15 is 0 Å². The molecule has 3 N–H and O–H groups in total. The van der Waals surface area contributed by atoms with Crippen molar-refractivity contribution in [3.63, 3.8) is 0 Å². The summed E-state index contributed by atoms with van der Waals surface area (Å²) in [6.45, 7) is 1.91. The normalized spacial score (nSPS) is 12.1. The summed E-state index contributed by atoms with van der Waals surface area (Å²) in [5.74, 6) is 0.249. The largest absolute Gasteiger partial charge is 0.496 e. The number of aromatic amines is 1. The second-order valence-electron chi connectivity index (χ2n) is 6.83. The van der Waals surface area contributed by atoms with Crippen molar-refractivity contribution in [1.29, 1.82) is 0 Å². The Balaban J connectivity index is 1.65. The van der Waals surface area contributed by atoms with Crippen molar-refractivity contribution in [2.75, 3.05) is 20.3 Å². The fourth-order valence-electron chi connectivity index (χ4n) is 3.21. The molecule has 154 valence electrons. The van der Waals surface area contributed by atoms with Gasteiger partial charge in [-0.3, -0.25) is 14.7 Å². The monoisotopic (exact) mass is 462 g/mol. The Morgan fingerprint density at radius 3 is 2.93 bits per heavy atom. The number of hydrogen-bond acceptors (Lipinski definition) is 5. The van der Waals surface area contributed by atoms with Crippen molar-refractivity contribution in [1.82, 2.24) is 19.9 Å². The maximum atomic E-state index is 12.5. The zero-order chi connectivity index (χ0) is 21.0. The predicted octanol–water partition coefficient (Wildman–Crippen LogP) is 1.61. The van der Waals surface area contributed by atoms with Gasteiger partial charge in [0.15, 0.2) is 5.65 Å². The molecule has 0 bridgehead atoms. The number of aromatic nitrogens is 3. The van der Waals surface area contributed by atoms with E-state index in [9.17, 15) is 14.7 Å². The second kappa shape index (κ2) is 9.23. The number of halogens is 1. The van der Waals surface area contributed by atoms with Gasteiger partial charge in [0.25, 0.3) is 5.56 Å². The van der Waals surface area contributed by atoms with Crippen LogP contribution in [0.1, 0.15) is 16.8 Å². The third-order valence-corrected chi connectivity index (χ3v) is 5.27. The van der Waals surface area contributed by atoms with Crippen LogP contribution in [-0.2, 0) is 17.6 Å². The van der Waals surface area contributed by atoms with Gasteiger partial charge in [-0.2, -0.15) is 0 Å². The molecule has 9 heteroatoms. The first-order chi connectivity index (χ1) is 13.9. The molecule has 0 aliphatic rings. The summed E-state index contributed by atoms with van der Waals surface area (Å²) in [5, 5.41) is 15.3. The number of aliphatic hydroxyl groups excluding tert-OH is 1. The van der Waals surface area contributed by atoms with E-state index in [4.69, 9.17) is 4.74 Å². The number of amides is 1. The van der Waals surface area contributed by atoms with E-state index < -0.39 is 0 Å². The van der Waals surface area contributed by atoms with Crippen LogP contribution in [0.3, 0.4) is 0 Å². The minimum atomic E-state index is -0.293. The summed E-state index contributed by atoms with van der Waals surface area (Å²) in [6.07, 6.45) is 2.09. The molecule has 3 rings (SSSR count). The van der Waals surface area contributed by atoms with Gasteiger partial charge in [0.2, 0.25) is 5.91 Å². The molecule has 2 aromatic heterocycles. The molecule has 1 aromatic carbocycles.